The van der Waals surface area contributed by atoms with E-state index in [-0.39, 0.29) is 6.10 Å². The predicted molar refractivity (Wildman–Crippen MR) is 53.1 cm³/mol. The third kappa shape index (κ3) is 3.55. The van der Waals surface area contributed by atoms with Gasteiger partial charge in [-0.15, -0.1) is 0 Å². The van der Waals surface area contributed by atoms with Crippen molar-refractivity contribution < 1.29 is 4.74 Å². The average molecular weight is 173 g/mol. The SMILES string of the molecule is CCOC(CN)C(C)C(C)CC. The Morgan fingerprint density at radius 3 is 2.17 bits per heavy atom. The van der Waals surface area contributed by atoms with Crippen molar-refractivity contribution >= 4 is 0 Å². The second kappa shape index (κ2) is 6.44. The summed E-state index contributed by atoms with van der Waals surface area (Å²) in [5.41, 5.74) is 5.63. The maximum atomic E-state index is 5.63. The highest BCUT2D eigenvalue weighted by Crippen LogP contribution is 2.19. The molecule has 2 nitrogen and oxygen atoms in total. The van der Waals surface area contributed by atoms with Gasteiger partial charge in [0, 0.05) is 13.2 Å². The van der Waals surface area contributed by atoms with E-state index in [1.54, 1.807) is 0 Å². The molecule has 0 aromatic rings. The van der Waals surface area contributed by atoms with E-state index in [2.05, 4.69) is 20.8 Å². The molecule has 0 saturated heterocycles. The third-order valence-corrected chi connectivity index (χ3v) is 2.74. The van der Waals surface area contributed by atoms with Crippen LogP contribution >= 0.6 is 0 Å². The van der Waals surface area contributed by atoms with Gasteiger partial charge in [0.2, 0.25) is 0 Å². The van der Waals surface area contributed by atoms with Crippen molar-refractivity contribution in [1.29, 1.82) is 0 Å². The van der Waals surface area contributed by atoms with Crippen molar-refractivity contribution in [3.8, 4) is 0 Å². The van der Waals surface area contributed by atoms with Crippen molar-refractivity contribution in [2.24, 2.45) is 17.6 Å². The van der Waals surface area contributed by atoms with E-state index < -0.39 is 0 Å². The van der Waals surface area contributed by atoms with Gasteiger partial charge in [-0.3, -0.25) is 0 Å². The number of rotatable bonds is 6. The van der Waals surface area contributed by atoms with Gasteiger partial charge >= 0.3 is 0 Å². The predicted octanol–water partition coefficient (Wildman–Crippen LogP) is 2.03. The minimum atomic E-state index is 0.241. The molecule has 0 aromatic carbocycles. The summed E-state index contributed by atoms with van der Waals surface area (Å²) in [6, 6.07) is 0. The van der Waals surface area contributed by atoms with Crippen molar-refractivity contribution in [2.45, 2.75) is 40.2 Å². The highest BCUT2D eigenvalue weighted by molar-refractivity contribution is 4.71. The Morgan fingerprint density at radius 1 is 1.25 bits per heavy atom. The van der Waals surface area contributed by atoms with Crippen LogP contribution in [0.15, 0.2) is 0 Å². The second-order valence-corrected chi connectivity index (χ2v) is 3.47. The normalized spacial score (nSPS) is 18.8. The molecular formula is C10H23NO. The van der Waals surface area contributed by atoms with Crippen molar-refractivity contribution in [2.75, 3.05) is 13.2 Å². The van der Waals surface area contributed by atoms with Crippen LogP contribution in [0.3, 0.4) is 0 Å². The van der Waals surface area contributed by atoms with Gasteiger partial charge in [-0.2, -0.15) is 0 Å². The molecule has 2 heteroatoms. The van der Waals surface area contributed by atoms with Gasteiger partial charge < -0.3 is 10.5 Å². The largest absolute Gasteiger partial charge is 0.377 e. The van der Waals surface area contributed by atoms with Gasteiger partial charge in [-0.1, -0.05) is 27.2 Å². The monoisotopic (exact) mass is 173 g/mol. The molecule has 3 atom stereocenters. The quantitative estimate of drug-likeness (QED) is 0.667. The highest BCUT2D eigenvalue weighted by Gasteiger charge is 2.20. The lowest BCUT2D eigenvalue weighted by Gasteiger charge is -2.26. The first-order valence-electron chi connectivity index (χ1n) is 4.98. The van der Waals surface area contributed by atoms with Crippen LogP contribution in [0.4, 0.5) is 0 Å². The number of hydrogen-bond donors (Lipinski definition) is 1. The molecule has 0 saturated carbocycles. The fourth-order valence-electron chi connectivity index (χ4n) is 1.39. The molecule has 0 bridgehead atoms. The molecule has 0 radical (unpaired) electrons. The summed E-state index contributed by atoms with van der Waals surface area (Å²) in [5.74, 6) is 1.27. The Labute approximate surface area is 76.5 Å². The summed E-state index contributed by atoms with van der Waals surface area (Å²) in [7, 11) is 0. The Bertz CT molecular complexity index is 106. The van der Waals surface area contributed by atoms with Gasteiger partial charge in [-0.25, -0.2) is 0 Å². The van der Waals surface area contributed by atoms with Gasteiger partial charge in [0.1, 0.15) is 0 Å². The molecule has 0 aliphatic heterocycles. The van der Waals surface area contributed by atoms with Crippen LogP contribution in [-0.4, -0.2) is 19.3 Å². The molecule has 0 aliphatic carbocycles. The Morgan fingerprint density at radius 2 is 1.83 bits per heavy atom. The topological polar surface area (TPSA) is 35.2 Å². The lowest BCUT2D eigenvalue weighted by Crippen LogP contribution is -2.33. The summed E-state index contributed by atoms with van der Waals surface area (Å²) in [4.78, 5) is 0. The van der Waals surface area contributed by atoms with Crippen LogP contribution in [0.1, 0.15) is 34.1 Å². The summed E-state index contributed by atoms with van der Waals surface area (Å²) in [6.07, 6.45) is 1.44. The van der Waals surface area contributed by atoms with Crippen LogP contribution in [0, 0.1) is 11.8 Å². The lowest BCUT2D eigenvalue weighted by atomic mass is 9.89. The average Bonchev–Trinajstić information content (AvgIpc) is 2.11. The first-order valence-corrected chi connectivity index (χ1v) is 4.98. The molecular weight excluding hydrogens is 150 g/mol. The number of nitrogens with two attached hydrogens (primary N) is 1. The Balaban J connectivity index is 3.91. The summed E-state index contributed by atoms with van der Waals surface area (Å²) in [5, 5.41) is 0. The molecule has 0 heterocycles. The van der Waals surface area contributed by atoms with Crippen LogP contribution in [0.5, 0.6) is 0 Å². The second-order valence-electron chi connectivity index (χ2n) is 3.47. The molecule has 0 spiro atoms. The Kier molecular flexibility index (Phi) is 6.39. The molecule has 2 N–H and O–H groups in total. The molecule has 0 fully saturated rings. The van der Waals surface area contributed by atoms with Crippen molar-refractivity contribution in [3.63, 3.8) is 0 Å². The molecule has 0 rings (SSSR count). The van der Waals surface area contributed by atoms with Gasteiger partial charge in [0.05, 0.1) is 6.10 Å². The first-order chi connectivity index (χ1) is 5.67. The Hall–Kier alpha value is -0.0800. The minimum Gasteiger partial charge on any atom is -0.377 e. The van der Waals surface area contributed by atoms with Crippen LogP contribution in [-0.2, 0) is 4.74 Å². The minimum absolute atomic E-state index is 0.241. The maximum Gasteiger partial charge on any atom is 0.0725 e. The zero-order valence-electron chi connectivity index (χ0n) is 8.84. The molecule has 12 heavy (non-hydrogen) atoms. The molecule has 0 aliphatic rings. The van der Waals surface area contributed by atoms with Gasteiger partial charge in [0.25, 0.3) is 0 Å². The van der Waals surface area contributed by atoms with Crippen LogP contribution in [0.25, 0.3) is 0 Å². The van der Waals surface area contributed by atoms with E-state index >= 15 is 0 Å². The van der Waals surface area contributed by atoms with E-state index in [0.717, 1.165) is 6.61 Å². The summed E-state index contributed by atoms with van der Waals surface area (Å²) in [6.45, 7) is 10.1. The van der Waals surface area contributed by atoms with Crippen molar-refractivity contribution in [1.82, 2.24) is 0 Å². The molecule has 0 amide bonds. The number of hydrogen-bond acceptors (Lipinski definition) is 2. The summed E-state index contributed by atoms with van der Waals surface area (Å²) < 4.78 is 5.55. The highest BCUT2D eigenvalue weighted by atomic mass is 16.5. The summed E-state index contributed by atoms with van der Waals surface area (Å²) >= 11 is 0. The first kappa shape index (κ1) is 11.9. The molecule has 74 valence electrons. The van der Waals surface area contributed by atoms with Crippen LogP contribution < -0.4 is 5.73 Å². The fraction of sp³-hybridized carbons (Fsp3) is 1.00. The zero-order chi connectivity index (χ0) is 9.56. The molecule has 0 aromatic heterocycles. The van der Waals surface area contributed by atoms with Gasteiger partial charge in [-0.05, 0) is 18.8 Å². The maximum absolute atomic E-state index is 5.63. The number of ether oxygens (including phenoxy) is 1. The van der Waals surface area contributed by atoms with Gasteiger partial charge in [0.15, 0.2) is 0 Å². The zero-order valence-corrected chi connectivity index (χ0v) is 8.84. The third-order valence-electron chi connectivity index (χ3n) is 2.74. The van der Waals surface area contributed by atoms with Crippen molar-refractivity contribution in [3.05, 3.63) is 0 Å². The fourth-order valence-corrected chi connectivity index (χ4v) is 1.39. The van der Waals surface area contributed by atoms with E-state index in [0.29, 0.717) is 18.4 Å². The molecule has 3 unspecified atom stereocenters. The van der Waals surface area contributed by atoms with Crippen LogP contribution in [0.2, 0.25) is 0 Å². The smallest absolute Gasteiger partial charge is 0.0725 e. The standard InChI is InChI=1S/C10H23NO/c1-5-8(3)9(4)10(7-11)12-6-2/h8-10H,5-7,11H2,1-4H3. The van der Waals surface area contributed by atoms with E-state index in [1.165, 1.54) is 6.42 Å². The van der Waals surface area contributed by atoms with E-state index in [4.69, 9.17) is 10.5 Å². The van der Waals surface area contributed by atoms with E-state index in [1.807, 2.05) is 6.92 Å². The lowest BCUT2D eigenvalue weighted by molar-refractivity contribution is 0.0139. The van der Waals surface area contributed by atoms with E-state index in [9.17, 15) is 0 Å².